The van der Waals surface area contributed by atoms with E-state index in [1.165, 1.54) is 24.4 Å². The number of benzene rings is 1. The Bertz CT molecular complexity index is 592. The molecule has 0 radical (unpaired) electrons. The second-order valence-electron chi connectivity index (χ2n) is 3.49. The van der Waals surface area contributed by atoms with Gasteiger partial charge in [0, 0.05) is 16.7 Å². The molecule has 0 atom stereocenters. The second-order valence-corrected chi connectivity index (χ2v) is 3.89. The van der Waals surface area contributed by atoms with Gasteiger partial charge in [-0.25, -0.2) is 9.07 Å². The van der Waals surface area contributed by atoms with Crippen LogP contribution in [0.4, 0.5) is 10.1 Å². The highest BCUT2D eigenvalue weighted by Gasteiger charge is 2.09. The van der Waals surface area contributed by atoms with Gasteiger partial charge in [-0.1, -0.05) is 17.7 Å². The van der Waals surface area contributed by atoms with E-state index in [-0.39, 0.29) is 22.8 Å². The number of nitrogens with two attached hydrogens (primary N) is 1. The molecule has 4 nitrogen and oxygen atoms in total. The second kappa shape index (κ2) is 4.55. The molecule has 0 aliphatic rings. The number of nitrogen functional groups attached to an aromatic ring is 1. The van der Waals surface area contributed by atoms with Gasteiger partial charge < -0.3 is 5.73 Å². The van der Waals surface area contributed by atoms with Crippen LogP contribution in [0.2, 0.25) is 5.02 Å². The SMILES string of the molecule is Nc1cnn(Cc2c(F)cccc2Cl)c(=O)c1. The monoisotopic (exact) mass is 253 g/mol. The minimum absolute atomic E-state index is 0.0232. The molecule has 6 heteroatoms. The molecule has 0 aliphatic carbocycles. The Balaban J connectivity index is 2.42. The molecule has 88 valence electrons. The van der Waals surface area contributed by atoms with Crippen LogP contribution in [0.25, 0.3) is 0 Å². The summed E-state index contributed by atoms with van der Waals surface area (Å²) in [6, 6.07) is 5.56. The van der Waals surface area contributed by atoms with Crippen molar-refractivity contribution in [2.75, 3.05) is 5.73 Å². The topological polar surface area (TPSA) is 60.9 Å². The molecule has 1 aromatic carbocycles. The summed E-state index contributed by atoms with van der Waals surface area (Å²) in [5.74, 6) is -0.469. The number of anilines is 1. The van der Waals surface area contributed by atoms with Crippen LogP contribution in [0.5, 0.6) is 0 Å². The Hall–Kier alpha value is -1.88. The lowest BCUT2D eigenvalue weighted by Crippen LogP contribution is -2.23. The Morgan fingerprint density at radius 2 is 2.24 bits per heavy atom. The predicted molar refractivity (Wildman–Crippen MR) is 63.4 cm³/mol. The Morgan fingerprint density at radius 3 is 2.88 bits per heavy atom. The quantitative estimate of drug-likeness (QED) is 0.886. The van der Waals surface area contributed by atoms with E-state index in [4.69, 9.17) is 17.3 Å². The zero-order valence-electron chi connectivity index (χ0n) is 8.73. The molecule has 2 aromatic rings. The Morgan fingerprint density at radius 1 is 1.47 bits per heavy atom. The molecule has 0 saturated heterocycles. The zero-order valence-corrected chi connectivity index (χ0v) is 9.49. The van der Waals surface area contributed by atoms with Gasteiger partial charge in [-0.2, -0.15) is 5.10 Å². The van der Waals surface area contributed by atoms with Gasteiger partial charge in [-0.3, -0.25) is 4.79 Å². The summed E-state index contributed by atoms with van der Waals surface area (Å²) in [6.45, 7) is -0.0232. The van der Waals surface area contributed by atoms with E-state index < -0.39 is 11.4 Å². The van der Waals surface area contributed by atoms with Crippen molar-refractivity contribution in [3.8, 4) is 0 Å². The van der Waals surface area contributed by atoms with E-state index in [2.05, 4.69) is 5.10 Å². The molecule has 0 unspecified atom stereocenters. The van der Waals surface area contributed by atoms with Crippen LogP contribution >= 0.6 is 11.6 Å². The van der Waals surface area contributed by atoms with Gasteiger partial charge in [0.1, 0.15) is 5.82 Å². The van der Waals surface area contributed by atoms with Gasteiger partial charge >= 0.3 is 0 Å². The van der Waals surface area contributed by atoms with Crippen molar-refractivity contribution in [1.29, 1.82) is 0 Å². The molecular formula is C11H9ClFN3O. The molecule has 0 spiro atoms. The first-order valence-electron chi connectivity index (χ1n) is 4.83. The van der Waals surface area contributed by atoms with Crippen molar-refractivity contribution in [3.63, 3.8) is 0 Å². The molecule has 0 bridgehead atoms. The third kappa shape index (κ3) is 2.45. The first-order chi connectivity index (χ1) is 8.08. The molecule has 0 saturated carbocycles. The molecule has 1 heterocycles. The lowest BCUT2D eigenvalue weighted by Gasteiger charge is -2.07. The number of nitrogens with zero attached hydrogens (tertiary/aromatic N) is 2. The van der Waals surface area contributed by atoms with E-state index in [1.807, 2.05) is 0 Å². The minimum Gasteiger partial charge on any atom is -0.397 e. The smallest absolute Gasteiger partial charge is 0.269 e. The van der Waals surface area contributed by atoms with Crippen molar-refractivity contribution >= 4 is 17.3 Å². The lowest BCUT2D eigenvalue weighted by atomic mass is 10.2. The van der Waals surface area contributed by atoms with E-state index in [0.717, 1.165) is 4.68 Å². The zero-order chi connectivity index (χ0) is 12.4. The molecule has 1 aromatic heterocycles. The van der Waals surface area contributed by atoms with Gasteiger partial charge in [-0.05, 0) is 12.1 Å². The fourth-order valence-corrected chi connectivity index (χ4v) is 1.62. The number of hydrogen-bond donors (Lipinski definition) is 1. The van der Waals surface area contributed by atoms with Crippen molar-refractivity contribution in [3.05, 3.63) is 57.2 Å². The van der Waals surface area contributed by atoms with Gasteiger partial charge in [0.2, 0.25) is 0 Å². The summed E-state index contributed by atoms with van der Waals surface area (Å²) < 4.78 is 14.6. The molecule has 0 aliphatic heterocycles. The number of rotatable bonds is 2. The van der Waals surface area contributed by atoms with Crippen molar-refractivity contribution in [2.24, 2.45) is 0 Å². The summed E-state index contributed by atoms with van der Waals surface area (Å²) in [4.78, 5) is 11.5. The van der Waals surface area contributed by atoms with Gasteiger partial charge in [0.25, 0.3) is 5.56 Å². The lowest BCUT2D eigenvalue weighted by molar-refractivity contribution is 0.573. The Kier molecular flexibility index (Phi) is 3.10. The summed E-state index contributed by atoms with van der Waals surface area (Å²) in [5, 5.41) is 4.07. The molecule has 17 heavy (non-hydrogen) atoms. The number of aromatic nitrogens is 2. The summed E-state index contributed by atoms with van der Waals surface area (Å²) in [5.41, 5.74) is 5.51. The normalized spacial score (nSPS) is 10.5. The maximum atomic E-state index is 13.5. The van der Waals surface area contributed by atoms with Crippen LogP contribution in [-0.2, 0) is 6.54 Å². The van der Waals surface area contributed by atoms with Gasteiger partial charge in [0.15, 0.2) is 0 Å². The van der Waals surface area contributed by atoms with E-state index in [0.29, 0.717) is 0 Å². The first kappa shape index (κ1) is 11.6. The van der Waals surface area contributed by atoms with Crippen LogP contribution in [0.15, 0.2) is 35.3 Å². The minimum atomic E-state index is -0.469. The largest absolute Gasteiger partial charge is 0.397 e. The maximum Gasteiger partial charge on any atom is 0.269 e. The standard InChI is InChI=1S/C11H9ClFN3O/c12-9-2-1-3-10(13)8(9)6-16-11(17)4-7(14)5-15-16/h1-5H,6,14H2. The summed E-state index contributed by atoms with van der Waals surface area (Å²) >= 11 is 5.86. The van der Waals surface area contributed by atoms with Crippen LogP contribution in [0.1, 0.15) is 5.56 Å². The molecule has 0 amide bonds. The highest BCUT2D eigenvalue weighted by molar-refractivity contribution is 6.31. The van der Waals surface area contributed by atoms with Crippen LogP contribution < -0.4 is 11.3 Å². The van der Waals surface area contributed by atoms with Gasteiger partial charge in [-0.15, -0.1) is 0 Å². The number of hydrogen-bond acceptors (Lipinski definition) is 3. The molecular weight excluding hydrogens is 245 g/mol. The van der Waals surface area contributed by atoms with E-state index in [1.54, 1.807) is 6.07 Å². The summed E-state index contributed by atoms with van der Waals surface area (Å²) in [7, 11) is 0. The van der Waals surface area contributed by atoms with Crippen LogP contribution in [-0.4, -0.2) is 9.78 Å². The van der Waals surface area contributed by atoms with Crippen molar-refractivity contribution in [1.82, 2.24) is 9.78 Å². The fraction of sp³-hybridized carbons (Fsp3) is 0.0909. The third-order valence-electron chi connectivity index (χ3n) is 2.26. The molecule has 0 fully saturated rings. The average Bonchev–Trinajstić information content (AvgIpc) is 2.26. The molecule has 2 N–H and O–H groups in total. The van der Waals surface area contributed by atoms with Crippen LogP contribution in [0, 0.1) is 5.82 Å². The fourth-order valence-electron chi connectivity index (χ4n) is 1.40. The highest BCUT2D eigenvalue weighted by atomic mass is 35.5. The Labute approximate surface area is 101 Å². The van der Waals surface area contributed by atoms with Crippen molar-refractivity contribution < 1.29 is 4.39 Å². The van der Waals surface area contributed by atoms with E-state index >= 15 is 0 Å². The van der Waals surface area contributed by atoms with Gasteiger partial charge in [0.05, 0.1) is 18.4 Å². The highest BCUT2D eigenvalue weighted by Crippen LogP contribution is 2.19. The first-order valence-corrected chi connectivity index (χ1v) is 5.21. The van der Waals surface area contributed by atoms with E-state index in [9.17, 15) is 9.18 Å². The van der Waals surface area contributed by atoms with Crippen LogP contribution in [0.3, 0.4) is 0 Å². The van der Waals surface area contributed by atoms with Crippen molar-refractivity contribution in [2.45, 2.75) is 6.54 Å². The predicted octanol–water partition coefficient (Wildman–Crippen LogP) is 1.67. The molecule has 2 rings (SSSR count). The maximum absolute atomic E-state index is 13.5. The number of halogens is 2. The average molecular weight is 254 g/mol. The third-order valence-corrected chi connectivity index (χ3v) is 2.61. The summed E-state index contributed by atoms with van der Waals surface area (Å²) in [6.07, 6.45) is 1.33.